The summed E-state index contributed by atoms with van der Waals surface area (Å²) in [5.41, 5.74) is 2.54. The van der Waals surface area contributed by atoms with Crippen LogP contribution in [0.25, 0.3) is 10.9 Å². The molecule has 0 atom stereocenters. The third-order valence-corrected chi connectivity index (χ3v) is 5.13. The molecule has 166 valence electrons. The number of esters is 2. The van der Waals surface area contributed by atoms with Gasteiger partial charge in [-0.25, -0.2) is 9.59 Å². The Balaban J connectivity index is 2.06. The molecule has 7 nitrogen and oxygen atoms in total. The Morgan fingerprint density at radius 1 is 0.938 bits per heavy atom. The van der Waals surface area contributed by atoms with Crippen LogP contribution in [0, 0.1) is 0 Å². The summed E-state index contributed by atoms with van der Waals surface area (Å²) < 4.78 is 11.2. The largest absolute Gasteiger partial charge is 0.463 e. The lowest BCUT2D eigenvalue weighted by Crippen LogP contribution is -2.25. The van der Waals surface area contributed by atoms with Gasteiger partial charge in [-0.05, 0) is 42.5 Å². The maximum Gasteiger partial charge on any atom is 0.379 e. The van der Waals surface area contributed by atoms with E-state index in [1.54, 1.807) is 35.8 Å². The van der Waals surface area contributed by atoms with Crippen molar-refractivity contribution in [2.24, 2.45) is 0 Å². The topological polar surface area (TPSA) is 91.7 Å². The first kappa shape index (κ1) is 22.9. The van der Waals surface area contributed by atoms with Gasteiger partial charge in [-0.2, -0.15) is 0 Å². The summed E-state index contributed by atoms with van der Waals surface area (Å²) in [6.45, 7) is 4.25. The Morgan fingerprint density at radius 3 is 2.25 bits per heavy atom. The molecule has 1 aromatic heterocycles. The predicted octanol–water partition coefficient (Wildman–Crippen LogP) is 3.53. The number of fused-ring (bicyclic) bond motifs is 1. The van der Waals surface area contributed by atoms with Gasteiger partial charge in [0.2, 0.25) is 0 Å². The molecule has 0 bridgehead atoms. The van der Waals surface area contributed by atoms with Gasteiger partial charge in [-0.3, -0.25) is 9.59 Å². The molecule has 7 heteroatoms. The van der Waals surface area contributed by atoms with Crippen LogP contribution in [0.5, 0.6) is 0 Å². The van der Waals surface area contributed by atoms with Crippen molar-refractivity contribution in [3.63, 3.8) is 0 Å². The summed E-state index contributed by atoms with van der Waals surface area (Å²) in [5, 5.41) is 0.846. The average molecular weight is 435 g/mol. The first-order valence-corrected chi connectivity index (χ1v) is 10.4. The van der Waals surface area contributed by atoms with Crippen molar-refractivity contribution < 1.29 is 23.9 Å². The van der Waals surface area contributed by atoms with Crippen LogP contribution < -0.4 is 5.56 Å². The van der Waals surface area contributed by atoms with Crippen LogP contribution in [0.15, 0.2) is 53.3 Å². The maximum atomic E-state index is 13.2. The molecule has 0 saturated carbocycles. The van der Waals surface area contributed by atoms with Gasteiger partial charge in [0.05, 0.1) is 31.3 Å². The highest BCUT2D eigenvalue weighted by Crippen LogP contribution is 2.19. The second-order valence-corrected chi connectivity index (χ2v) is 7.32. The third-order valence-electron chi connectivity index (χ3n) is 5.13. The fraction of sp³-hybridized carbons (Fsp3) is 0.280. The zero-order valence-corrected chi connectivity index (χ0v) is 18.3. The zero-order chi connectivity index (χ0) is 23.3. The fourth-order valence-electron chi connectivity index (χ4n) is 3.53. The molecule has 0 aliphatic heterocycles. The molecule has 3 aromatic rings. The Kier molecular flexibility index (Phi) is 7.20. The van der Waals surface area contributed by atoms with Crippen molar-refractivity contribution in [3.8, 4) is 0 Å². The van der Waals surface area contributed by atoms with Gasteiger partial charge < -0.3 is 14.0 Å². The van der Waals surface area contributed by atoms with Crippen molar-refractivity contribution in [3.05, 3.63) is 81.1 Å². The molecule has 0 radical (unpaired) electrons. The quantitative estimate of drug-likeness (QED) is 0.305. The predicted molar refractivity (Wildman–Crippen MR) is 120 cm³/mol. The van der Waals surface area contributed by atoms with Crippen molar-refractivity contribution in [1.82, 2.24) is 4.57 Å². The van der Waals surface area contributed by atoms with E-state index in [-0.39, 0.29) is 24.3 Å². The number of ketones is 1. The number of rotatable bonds is 8. The Labute approximate surface area is 185 Å². The summed E-state index contributed by atoms with van der Waals surface area (Å²) in [5.74, 6) is -2.11. The standard InChI is InChI=1S/C25H25NO6/c1-4-6-19-13-18-11-12-20(24(29)32-5-2)14-21(18)26(23(19)28)15-16-7-9-17(10-8-16)22(27)25(30)31-3/h7-14H,4-6,15H2,1-3H3. The molecule has 1 heterocycles. The minimum Gasteiger partial charge on any atom is -0.463 e. The summed E-state index contributed by atoms with van der Waals surface area (Å²) in [6, 6.07) is 13.5. The highest BCUT2D eigenvalue weighted by atomic mass is 16.5. The summed E-state index contributed by atoms with van der Waals surface area (Å²) >= 11 is 0. The van der Waals surface area contributed by atoms with E-state index in [1.807, 2.05) is 19.1 Å². The first-order valence-electron chi connectivity index (χ1n) is 10.4. The second kappa shape index (κ2) is 10.0. The van der Waals surface area contributed by atoms with Gasteiger partial charge in [0.25, 0.3) is 11.3 Å². The number of aromatic nitrogens is 1. The maximum absolute atomic E-state index is 13.2. The van der Waals surface area contributed by atoms with Crippen LogP contribution in [0.2, 0.25) is 0 Å². The van der Waals surface area contributed by atoms with Gasteiger partial charge in [0, 0.05) is 11.1 Å². The smallest absolute Gasteiger partial charge is 0.379 e. The van der Waals surface area contributed by atoms with Crippen LogP contribution in [0.3, 0.4) is 0 Å². The number of pyridine rings is 1. The van der Waals surface area contributed by atoms with E-state index in [9.17, 15) is 19.2 Å². The highest BCUT2D eigenvalue weighted by molar-refractivity contribution is 6.40. The van der Waals surface area contributed by atoms with Crippen molar-refractivity contribution in [2.75, 3.05) is 13.7 Å². The number of methoxy groups -OCH3 is 1. The molecule has 2 aromatic carbocycles. The second-order valence-electron chi connectivity index (χ2n) is 7.32. The highest BCUT2D eigenvalue weighted by Gasteiger charge is 2.17. The number of aryl methyl sites for hydroxylation is 1. The van der Waals surface area contributed by atoms with Gasteiger partial charge in [0.15, 0.2) is 0 Å². The summed E-state index contributed by atoms with van der Waals surface area (Å²) in [7, 11) is 1.15. The van der Waals surface area contributed by atoms with E-state index < -0.39 is 17.7 Å². The van der Waals surface area contributed by atoms with Crippen LogP contribution >= 0.6 is 0 Å². The van der Waals surface area contributed by atoms with Gasteiger partial charge >= 0.3 is 11.9 Å². The number of hydrogen-bond donors (Lipinski definition) is 0. The normalized spacial score (nSPS) is 10.7. The minimum absolute atomic E-state index is 0.130. The molecule has 0 N–H and O–H groups in total. The molecule has 0 unspecified atom stereocenters. The minimum atomic E-state index is -0.932. The molecular weight excluding hydrogens is 410 g/mol. The number of hydrogen-bond acceptors (Lipinski definition) is 6. The van der Waals surface area contributed by atoms with Gasteiger partial charge in [-0.15, -0.1) is 0 Å². The number of carbonyl (C=O) groups excluding carboxylic acids is 3. The molecule has 32 heavy (non-hydrogen) atoms. The molecule has 3 rings (SSSR count). The number of ether oxygens (including phenoxy) is 2. The number of nitrogens with zero attached hydrogens (tertiary/aromatic N) is 1. The van der Waals surface area contributed by atoms with Crippen LogP contribution in [-0.4, -0.2) is 36.0 Å². The lowest BCUT2D eigenvalue weighted by molar-refractivity contribution is -0.135. The van der Waals surface area contributed by atoms with E-state index in [4.69, 9.17) is 4.74 Å². The Morgan fingerprint density at radius 2 is 1.62 bits per heavy atom. The molecule has 0 aliphatic rings. The van der Waals surface area contributed by atoms with Crippen LogP contribution in [-0.2, 0) is 27.2 Å². The van der Waals surface area contributed by atoms with E-state index in [0.29, 0.717) is 23.1 Å². The average Bonchev–Trinajstić information content (AvgIpc) is 2.81. The van der Waals surface area contributed by atoms with Crippen LogP contribution in [0.1, 0.15) is 52.1 Å². The third kappa shape index (κ3) is 4.77. The Hall–Kier alpha value is -3.74. The zero-order valence-electron chi connectivity index (χ0n) is 18.3. The SMILES string of the molecule is CCCc1cc2ccc(C(=O)OCC)cc2n(Cc2ccc(C(=O)C(=O)OC)cc2)c1=O. The lowest BCUT2D eigenvalue weighted by atomic mass is 10.0. The molecule has 0 amide bonds. The van der Waals surface area contributed by atoms with Gasteiger partial charge in [0.1, 0.15) is 0 Å². The molecule has 0 spiro atoms. The number of benzene rings is 2. The summed E-state index contributed by atoms with van der Waals surface area (Å²) in [4.78, 5) is 48.9. The van der Waals surface area contributed by atoms with Crippen molar-refractivity contribution in [2.45, 2.75) is 33.2 Å². The van der Waals surface area contributed by atoms with E-state index >= 15 is 0 Å². The summed E-state index contributed by atoms with van der Waals surface area (Å²) in [6.07, 6.45) is 1.47. The van der Waals surface area contributed by atoms with E-state index in [1.165, 1.54) is 12.1 Å². The number of Topliss-reactive ketones (excluding diaryl/α,β-unsaturated/α-hetero) is 1. The van der Waals surface area contributed by atoms with Gasteiger partial charge in [-0.1, -0.05) is 43.7 Å². The van der Waals surface area contributed by atoms with Crippen molar-refractivity contribution >= 4 is 28.6 Å². The molecular formula is C25H25NO6. The first-order chi connectivity index (χ1) is 15.4. The number of carbonyl (C=O) groups is 3. The molecule has 0 fully saturated rings. The van der Waals surface area contributed by atoms with E-state index in [2.05, 4.69) is 4.74 Å². The van der Waals surface area contributed by atoms with E-state index in [0.717, 1.165) is 24.5 Å². The lowest BCUT2D eigenvalue weighted by Gasteiger charge is -2.14. The van der Waals surface area contributed by atoms with Crippen LogP contribution in [0.4, 0.5) is 0 Å². The Bertz CT molecular complexity index is 1220. The molecule has 0 aliphatic carbocycles. The van der Waals surface area contributed by atoms with Crippen molar-refractivity contribution in [1.29, 1.82) is 0 Å². The fourth-order valence-corrected chi connectivity index (χ4v) is 3.53. The monoisotopic (exact) mass is 435 g/mol. The molecule has 0 saturated heterocycles.